The molecule has 2 unspecified atom stereocenters. The normalized spacial score (nSPS) is 41.1. The van der Waals surface area contributed by atoms with Crippen LogP contribution in [0.3, 0.4) is 0 Å². The second-order valence-electron chi connectivity index (χ2n) is 9.07. The van der Waals surface area contributed by atoms with Gasteiger partial charge in [-0.2, -0.15) is 0 Å². The van der Waals surface area contributed by atoms with E-state index in [0.717, 1.165) is 30.8 Å². The summed E-state index contributed by atoms with van der Waals surface area (Å²) < 4.78 is 42.7. The van der Waals surface area contributed by atoms with Gasteiger partial charge in [-0.1, -0.05) is 77.2 Å². The van der Waals surface area contributed by atoms with Gasteiger partial charge in [0.15, 0.2) is 11.8 Å². The molecular formula is C23H35F3. The van der Waals surface area contributed by atoms with Gasteiger partial charge in [0.2, 0.25) is 0 Å². The highest BCUT2D eigenvalue weighted by atomic mass is 19.2. The van der Waals surface area contributed by atoms with E-state index in [2.05, 4.69) is 6.92 Å². The van der Waals surface area contributed by atoms with Crippen LogP contribution in [-0.2, 0) is 0 Å². The van der Waals surface area contributed by atoms with Crippen molar-refractivity contribution in [3.63, 3.8) is 0 Å². The topological polar surface area (TPSA) is 0 Å². The first-order chi connectivity index (χ1) is 12.5. The van der Waals surface area contributed by atoms with E-state index in [1.54, 1.807) is 0 Å². The summed E-state index contributed by atoms with van der Waals surface area (Å²) in [6.07, 6.45) is 15.6. The summed E-state index contributed by atoms with van der Waals surface area (Å²) in [6.45, 7) is 2.28. The lowest BCUT2D eigenvalue weighted by atomic mass is 9.69. The summed E-state index contributed by atoms with van der Waals surface area (Å²) in [5.74, 6) is 1.14. The summed E-state index contributed by atoms with van der Waals surface area (Å²) in [6, 6.07) is 0. The molecule has 3 aliphatic rings. The van der Waals surface area contributed by atoms with Gasteiger partial charge in [-0.3, -0.25) is 0 Å². The Morgan fingerprint density at radius 2 is 1.38 bits per heavy atom. The molecule has 0 amide bonds. The van der Waals surface area contributed by atoms with Gasteiger partial charge in [-0.05, 0) is 42.7 Å². The van der Waals surface area contributed by atoms with Gasteiger partial charge in [-0.25, -0.2) is 13.2 Å². The molecule has 2 saturated carbocycles. The Morgan fingerprint density at radius 1 is 0.885 bits per heavy atom. The zero-order chi connectivity index (χ0) is 18.6. The van der Waals surface area contributed by atoms with Crippen molar-refractivity contribution in [1.82, 2.24) is 0 Å². The maximum atomic E-state index is 15.1. The molecule has 0 nitrogen and oxygen atoms in total. The van der Waals surface area contributed by atoms with E-state index in [9.17, 15) is 8.78 Å². The van der Waals surface area contributed by atoms with Gasteiger partial charge < -0.3 is 0 Å². The number of hydrogen-bond donors (Lipinski definition) is 0. The molecule has 0 bridgehead atoms. The third-order valence-electron chi connectivity index (χ3n) is 7.36. The standard InChI is InChI=1S/C23H35F3/c1-2-4-17-6-8-18(9-7-17)10-11-19-12-14-20(15-13-19)23(26)16-3-5-21(24)22(23)25/h3,5,16-20,22H,2,4,6-15H2,1H3. The second-order valence-corrected chi connectivity index (χ2v) is 9.07. The van der Waals surface area contributed by atoms with Crippen LogP contribution in [0.5, 0.6) is 0 Å². The SMILES string of the molecule is CCCC1CCC(CCC2CCC(C3(F)C=CC=C(F)C3F)CC2)CC1. The first-order valence-electron chi connectivity index (χ1n) is 10.9. The smallest absolute Gasteiger partial charge is 0.189 e. The van der Waals surface area contributed by atoms with Gasteiger partial charge in [0, 0.05) is 5.92 Å². The quantitative estimate of drug-likeness (QED) is 0.451. The maximum absolute atomic E-state index is 15.1. The highest BCUT2D eigenvalue weighted by molar-refractivity contribution is 5.28. The zero-order valence-electron chi connectivity index (χ0n) is 16.2. The number of halogens is 3. The van der Waals surface area contributed by atoms with Crippen LogP contribution in [0.4, 0.5) is 13.2 Å². The fourth-order valence-electron chi connectivity index (χ4n) is 5.59. The third-order valence-corrected chi connectivity index (χ3v) is 7.36. The lowest BCUT2D eigenvalue weighted by molar-refractivity contribution is 0.0174. The summed E-state index contributed by atoms with van der Waals surface area (Å²) in [5.41, 5.74) is -2.14. The minimum Gasteiger partial charge on any atom is -0.236 e. The highest BCUT2D eigenvalue weighted by Gasteiger charge is 2.48. The predicted octanol–water partition coefficient (Wildman–Crippen LogP) is 7.65. The Hall–Kier alpha value is -0.730. The largest absolute Gasteiger partial charge is 0.236 e. The Morgan fingerprint density at radius 3 is 1.92 bits per heavy atom. The first kappa shape index (κ1) is 20.0. The van der Waals surface area contributed by atoms with Crippen LogP contribution in [0.1, 0.15) is 84.0 Å². The molecule has 3 aliphatic carbocycles. The van der Waals surface area contributed by atoms with E-state index in [1.807, 2.05) is 0 Å². The Bertz CT molecular complexity index is 496. The minimum atomic E-state index is -2.14. The predicted molar refractivity (Wildman–Crippen MR) is 102 cm³/mol. The van der Waals surface area contributed by atoms with Crippen LogP contribution < -0.4 is 0 Å². The highest BCUT2D eigenvalue weighted by Crippen LogP contribution is 2.46. The van der Waals surface area contributed by atoms with E-state index in [4.69, 9.17) is 0 Å². The number of allylic oxidation sites excluding steroid dienone is 4. The van der Waals surface area contributed by atoms with Crippen molar-refractivity contribution in [2.45, 2.75) is 95.8 Å². The van der Waals surface area contributed by atoms with E-state index in [1.165, 1.54) is 63.5 Å². The van der Waals surface area contributed by atoms with Gasteiger partial charge in [-0.15, -0.1) is 0 Å². The van der Waals surface area contributed by atoms with Crippen molar-refractivity contribution in [3.05, 3.63) is 24.1 Å². The second kappa shape index (κ2) is 8.97. The molecule has 0 N–H and O–H groups in total. The molecule has 2 atom stereocenters. The zero-order valence-corrected chi connectivity index (χ0v) is 16.2. The summed E-state index contributed by atoms with van der Waals surface area (Å²) in [7, 11) is 0. The summed E-state index contributed by atoms with van der Waals surface area (Å²) >= 11 is 0. The van der Waals surface area contributed by atoms with Gasteiger partial charge in [0.05, 0.1) is 0 Å². The van der Waals surface area contributed by atoms with Crippen molar-refractivity contribution in [2.75, 3.05) is 0 Å². The summed E-state index contributed by atoms with van der Waals surface area (Å²) in [4.78, 5) is 0. The number of rotatable bonds is 6. The van der Waals surface area contributed by atoms with Gasteiger partial charge in [0.25, 0.3) is 0 Å². The third kappa shape index (κ3) is 4.57. The molecule has 3 rings (SSSR count). The van der Waals surface area contributed by atoms with E-state index in [-0.39, 0.29) is 5.92 Å². The van der Waals surface area contributed by atoms with E-state index < -0.39 is 17.7 Å². The molecule has 2 fully saturated rings. The number of hydrogen-bond acceptors (Lipinski definition) is 0. The molecule has 0 heterocycles. The lowest BCUT2D eigenvalue weighted by Gasteiger charge is -2.39. The Kier molecular flexibility index (Phi) is 6.91. The van der Waals surface area contributed by atoms with Crippen LogP contribution in [-0.4, -0.2) is 11.8 Å². The molecular weight excluding hydrogens is 333 g/mol. The molecule has 26 heavy (non-hydrogen) atoms. The monoisotopic (exact) mass is 368 g/mol. The first-order valence-corrected chi connectivity index (χ1v) is 10.9. The average Bonchev–Trinajstić information content (AvgIpc) is 2.66. The van der Waals surface area contributed by atoms with Crippen molar-refractivity contribution in [3.8, 4) is 0 Å². The lowest BCUT2D eigenvalue weighted by Crippen LogP contribution is -2.44. The molecule has 0 aromatic rings. The van der Waals surface area contributed by atoms with Crippen molar-refractivity contribution >= 4 is 0 Å². The Labute approximate surface area is 157 Å². The van der Waals surface area contributed by atoms with E-state index in [0.29, 0.717) is 18.8 Å². The van der Waals surface area contributed by atoms with Gasteiger partial charge in [0.1, 0.15) is 5.83 Å². The summed E-state index contributed by atoms with van der Waals surface area (Å²) in [5, 5.41) is 0. The fourth-order valence-corrected chi connectivity index (χ4v) is 5.59. The minimum absolute atomic E-state index is 0.381. The van der Waals surface area contributed by atoms with Gasteiger partial charge >= 0.3 is 0 Å². The van der Waals surface area contributed by atoms with Crippen molar-refractivity contribution in [2.24, 2.45) is 23.7 Å². The molecule has 0 aromatic heterocycles. The Balaban J connectivity index is 1.39. The molecule has 0 radical (unpaired) electrons. The average molecular weight is 369 g/mol. The van der Waals surface area contributed by atoms with Crippen LogP contribution in [0, 0.1) is 23.7 Å². The fraction of sp³-hybridized carbons (Fsp3) is 0.826. The maximum Gasteiger partial charge on any atom is 0.189 e. The molecule has 148 valence electrons. The molecule has 3 heteroatoms. The van der Waals surface area contributed by atoms with Crippen molar-refractivity contribution < 1.29 is 13.2 Å². The van der Waals surface area contributed by atoms with E-state index >= 15 is 4.39 Å². The van der Waals surface area contributed by atoms with Crippen LogP contribution in [0.2, 0.25) is 0 Å². The molecule has 0 aromatic carbocycles. The molecule has 0 spiro atoms. The number of alkyl halides is 2. The van der Waals surface area contributed by atoms with Crippen molar-refractivity contribution in [1.29, 1.82) is 0 Å². The molecule has 0 saturated heterocycles. The van der Waals surface area contributed by atoms with Crippen LogP contribution in [0.15, 0.2) is 24.1 Å². The van der Waals surface area contributed by atoms with Crippen LogP contribution >= 0.6 is 0 Å². The van der Waals surface area contributed by atoms with Crippen LogP contribution in [0.25, 0.3) is 0 Å². The molecule has 0 aliphatic heterocycles.